The van der Waals surface area contributed by atoms with Crippen LogP contribution in [0.2, 0.25) is 0 Å². The van der Waals surface area contributed by atoms with Crippen molar-refractivity contribution in [2.24, 2.45) is 5.10 Å². The summed E-state index contributed by atoms with van der Waals surface area (Å²) in [6, 6.07) is 6.18. The van der Waals surface area contributed by atoms with Gasteiger partial charge in [0.05, 0.1) is 18.8 Å². The molecule has 0 saturated carbocycles. The van der Waals surface area contributed by atoms with Crippen LogP contribution in [0.1, 0.15) is 12.5 Å². The number of carbonyl (C=O) groups excluding carboxylic acids is 2. The van der Waals surface area contributed by atoms with Gasteiger partial charge in [-0.2, -0.15) is 5.10 Å². The van der Waals surface area contributed by atoms with Crippen LogP contribution < -0.4 is 10.7 Å². The Balaban J connectivity index is 3.06. The monoisotopic (exact) mass is 336 g/mol. The van der Waals surface area contributed by atoms with E-state index in [4.69, 9.17) is 4.74 Å². The Morgan fingerprint density at radius 1 is 1.25 bits per heavy atom. The minimum absolute atomic E-state index is 0.0547. The van der Waals surface area contributed by atoms with Crippen molar-refractivity contribution >= 4 is 29.4 Å². The third-order valence-electron chi connectivity index (χ3n) is 2.65. The number of aliphatic carboxylic acids is 1. The van der Waals surface area contributed by atoms with E-state index in [2.05, 4.69) is 15.8 Å². The second-order valence-electron chi connectivity index (χ2n) is 4.93. The van der Waals surface area contributed by atoms with Gasteiger partial charge in [0.15, 0.2) is 5.71 Å². The fourth-order valence-electron chi connectivity index (χ4n) is 1.74. The molecule has 0 aliphatic rings. The summed E-state index contributed by atoms with van der Waals surface area (Å²) in [6.45, 7) is 1.88. The Labute approximate surface area is 139 Å². The molecule has 9 nitrogen and oxygen atoms in total. The third kappa shape index (κ3) is 6.05. The summed E-state index contributed by atoms with van der Waals surface area (Å²) < 4.78 is 4.77. The molecule has 0 spiro atoms. The van der Waals surface area contributed by atoms with Crippen LogP contribution in [0.4, 0.5) is 10.5 Å². The van der Waals surface area contributed by atoms with Gasteiger partial charge < -0.3 is 14.7 Å². The van der Waals surface area contributed by atoms with Gasteiger partial charge in [-0.15, -0.1) is 0 Å². The predicted molar refractivity (Wildman–Crippen MR) is 88.0 cm³/mol. The number of carbonyl (C=O) groups is 3. The number of anilines is 1. The van der Waals surface area contributed by atoms with Crippen molar-refractivity contribution in [3.63, 3.8) is 0 Å². The van der Waals surface area contributed by atoms with E-state index in [1.165, 1.54) is 12.1 Å². The Morgan fingerprint density at radius 2 is 1.92 bits per heavy atom. The standard InChI is InChI=1S/C15H20N4O5/c1-4-24-15(23)16-11-8-6-5-7-10(11)13(14(21)22)18-17-12(20)9-19(2)3/h5-8H,4,9H2,1-3H3,(H,16,23)(H,17,20)(H,21,22)/b18-13-. The molecule has 0 saturated heterocycles. The zero-order chi connectivity index (χ0) is 18.1. The summed E-state index contributed by atoms with van der Waals surface area (Å²) >= 11 is 0. The van der Waals surface area contributed by atoms with E-state index in [0.29, 0.717) is 0 Å². The molecule has 0 radical (unpaired) electrons. The first-order chi connectivity index (χ1) is 11.3. The van der Waals surface area contributed by atoms with Crippen molar-refractivity contribution in [1.29, 1.82) is 0 Å². The number of hydrazone groups is 1. The van der Waals surface area contributed by atoms with Gasteiger partial charge in [0.1, 0.15) is 0 Å². The molecule has 3 N–H and O–H groups in total. The highest BCUT2D eigenvalue weighted by Crippen LogP contribution is 2.16. The first kappa shape index (κ1) is 19.1. The number of hydrogen-bond acceptors (Lipinski definition) is 6. The van der Waals surface area contributed by atoms with Crippen LogP contribution in [0.5, 0.6) is 0 Å². The Kier molecular flexibility index (Phi) is 7.37. The number of nitrogens with one attached hydrogen (secondary N) is 2. The number of rotatable bonds is 7. The van der Waals surface area contributed by atoms with E-state index >= 15 is 0 Å². The Hall–Kier alpha value is -2.94. The Bertz CT molecular complexity index is 643. The molecule has 0 aliphatic carbocycles. The molecule has 2 amide bonds. The normalized spacial score (nSPS) is 11.1. The van der Waals surface area contributed by atoms with Crippen molar-refractivity contribution in [2.75, 3.05) is 32.6 Å². The van der Waals surface area contributed by atoms with E-state index < -0.39 is 23.7 Å². The number of benzene rings is 1. The summed E-state index contributed by atoms with van der Waals surface area (Å²) in [5, 5.41) is 15.4. The summed E-state index contributed by atoms with van der Waals surface area (Å²) in [5.74, 6) is -1.81. The fraction of sp³-hybridized carbons (Fsp3) is 0.333. The van der Waals surface area contributed by atoms with E-state index in [0.717, 1.165) is 0 Å². The molecule has 0 aliphatic heterocycles. The van der Waals surface area contributed by atoms with Gasteiger partial charge in [-0.1, -0.05) is 18.2 Å². The lowest BCUT2D eigenvalue weighted by Crippen LogP contribution is -2.32. The molecule has 130 valence electrons. The fourth-order valence-corrected chi connectivity index (χ4v) is 1.74. The number of ether oxygens (including phenoxy) is 1. The summed E-state index contributed by atoms with van der Waals surface area (Å²) in [7, 11) is 3.39. The summed E-state index contributed by atoms with van der Waals surface area (Å²) in [4.78, 5) is 36.2. The van der Waals surface area contributed by atoms with Crippen molar-refractivity contribution in [3.8, 4) is 0 Å². The molecule has 0 atom stereocenters. The first-order valence-electron chi connectivity index (χ1n) is 7.12. The summed E-state index contributed by atoms with van der Waals surface area (Å²) in [6.07, 6.45) is -0.716. The minimum atomic E-state index is -1.35. The number of likely N-dealkylation sites (N-methyl/N-ethyl adjacent to an activating group) is 1. The van der Waals surface area contributed by atoms with Gasteiger partial charge in [0.2, 0.25) is 0 Å². The van der Waals surface area contributed by atoms with Crippen LogP contribution in [-0.4, -0.2) is 60.9 Å². The molecular formula is C15H20N4O5. The lowest BCUT2D eigenvalue weighted by atomic mass is 10.1. The maximum absolute atomic E-state index is 11.6. The second-order valence-corrected chi connectivity index (χ2v) is 4.93. The minimum Gasteiger partial charge on any atom is -0.476 e. The average Bonchev–Trinajstić information content (AvgIpc) is 2.48. The van der Waals surface area contributed by atoms with Crippen molar-refractivity contribution in [1.82, 2.24) is 10.3 Å². The number of carboxylic acid groups (broad SMARTS) is 1. The van der Waals surface area contributed by atoms with Crippen molar-refractivity contribution in [2.45, 2.75) is 6.92 Å². The van der Waals surface area contributed by atoms with Gasteiger partial charge in [-0.3, -0.25) is 10.1 Å². The van der Waals surface area contributed by atoms with Crippen LogP contribution in [0.15, 0.2) is 29.4 Å². The molecule has 1 aromatic carbocycles. The third-order valence-corrected chi connectivity index (χ3v) is 2.65. The molecule has 0 heterocycles. The molecule has 1 aromatic rings. The zero-order valence-corrected chi connectivity index (χ0v) is 13.7. The quantitative estimate of drug-likeness (QED) is 0.498. The van der Waals surface area contributed by atoms with Crippen LogP contribution >= 0.6 is 0 Å². The molecule has 1 rings (SSSR count). The van der Waals surface area contributed by atoms with Crippen LogP contribution in [0.25, 0.3) is 0 Å². The maximum Gasteiger partial charge on any atom is 0.411 e. The van der Waals surface area contributed by atoms with Gasteiger partial charge in [-0.25, -0.2) is 15.0 Å². The predicted octanol–water partition coefficient (Wildman–Crippen LogP) is 0.722. The highest BCUT2D eigenvalue weighted by atomic mass is 16.5. The lowest BCUT2D eigenvalue weighted by molar-refractivity contribution is -0.129. The SMILES string of the molecule is CCOC(=O)Nc1ccccc1/C(=N/NC(=O)CN(C)C)C(=O)O. The van der Waals surface area contributed by atoms with Crippen molar-refractivity contribution in [3.05, 3.63) is 29.8 Å². The number of carboxylic acids is 1. The Morgan fingerprint density at radius 3 is 2.50 bits per heavy atom. The van der Waals surface area contributed by atoms with Crippen LogP contribution in [-0.2, 0) is 14.3 Å². The van der Waals surface area contributed by atoms with Gasteiger partial charge in [0, 0.05) is 5.56 Å². The number of hydrogen-bond donors (Lipinski definition) is 3. The smallest absolute Gasteiger partial charge is 0.411 e. The lowest BCUT2D eigenvalue weighted by Gasteiger charge is -2.11. The van der Waals surface area contributed by atoms with Crippen LogP contribution in [0.3, 0.4) is 0 Å². The number of para-hydroxylation sites is 1. The zero-order valence-electron chi connectivity index (χ0n) is 13.7. The second kappa shape index (κ2) is 9.26. The average molecular weight is 336 g/mol. The van der Waals surface area contributed by atoms with Crippen LogP contribution in [0, 0.1) is 0 Å². The molecule has 0 fully saturated rings. The molecule has 24 heavy (non-hydrogen) atoms. The first-order valence-corrected chi connectivity index (χ1v) is 7.12. The molecule has 0 aromatic heterocycles. The molecular weight excluding hydrogens is 316 g/mol. The van der Waals surface area contributed by atoms with Gasteiger partial charge >= 0.3 is 12.1 Å². The molecule has 9 heteroatoms. The highest BCUT2D eigenvalue weighted by Gasteiger charge is 2.18. The molecule has 0 unspecified atom stereocenters. The topological polar surface area (TPSA) is 120 Å². The summed E-state index contributed by atoms with van der Waals surface area (Å²) in [5.41, 5.74) is 2.12. The highest BCUT2D eigenvalue weighted by molar-refractivity contribution is 6.44. The number of nitrogens with zero attached hydrogens (tertiary/aromatic N) is 2. The maximum atomic E-state index is 11.6. The van der Waals surface area contributed by atoms with E-state index in [1.54, 1.807) is 38.1 Å². The number of amides is 2. The van der Waals surface area contributed by atoms with E-state index in [1.807, 2.05) is 0 Å². The van der Waals surface area contributed by atoms with Gasteiger partial charge in [-0.05, 0) is 27.1 Å². The molecule has 0 bridgehead atoms. The van der Waals surface area contributed by atoms with Gasteiger partial charge in [0.25, 0.3) is 5.91 Å². The van der Waals surface area contributed by atoms with E-state index in [-0.39, 0.29) is 24.4 Å². The largest absolute Gasteiger partial charge is 0.476 e. The van der Waals surface area contributed by atoms with Crippen molar-refractivity contribution < 1.29 is 24.2 Å². The van der Waals surface area contributed by atoms with E-state index in [9.17, 15) is 19.5 Å².